The number of aliphatic imine (C=N–C) groups is 1. The Morgan fingerprint density at radius 1 is 1.23 bits per heavy atom. The molecule has 1 heterocycles. The summed E-state index contributed by atoms with van der Waals surface area (Å²) in [6.45, 7) is 7.98. The molecular formula is C21H34N4O. The molecule has 1 saturated carbocycles. The zero-order chi connectivity index (χ0) is 18.2. The average Bonchev–Trinajstić information content (AvgIpc) is 3.46. The van der Waals surface area contributed by atoms with Crippen LogP contribution in [-0.2, 0) is 11.3 Å². The maximum Gasteiger partial charge on any atom is 0.191 e. The molecule has 1 aromatic rings. The van der Waals surface area contributed by atoms with Crippen molar-refractivity contribution in [3.8, 4) is 0 Å². The van der Waals surface area contributed by atoms with Crippen molar-refractivity contribution < 1.29 is 4.74 Å². The van der Waals surface area contributed by atoms with Gasteiger partial charge in [0.05, 0.1) is 6.61 Å². The number of guanidine groups is 1. The molecule has 0 spiro atoms. The molecule has 0 amide bonds. The monoisotopic (exact) mass is 358 g/mol. The molecule has 5 heteroatoms. The zero-order valence-electron chi connectivity index (χ0n) is 16.3. The first-order chi connectivity index (χ1) is 12.7. The van der Waals surface area contributed by atoms with Crippen molar-refractivity contribution in [3.63, 3.8) is 0 Å². The van der Waals surface area contributed by atoms with Gasteiger partial charge in [-0.15, -0.1) is 0 Å². The van der Waals surface area contributed by atoms with E-state index < -0.39 is 0 Å². The van der Waals surface area contributed by atoms with E-state index in [-0.39, 0.29) is 0 Å². The van der Waals surface area contributed by atoms with Crippen LogP contribution in [0.2, 0.25) is 0 Å². The van der Waals surface area contributed by atoms with E-state index in [4.69, 9.17) is 4.74 Å². The third-order valence-electron chi connectivity index (χ3n) is 5.23. The molecule has 1 aliphatic heterocycles. The van der Waals surface area contributed by atoms with Crippen LogP contribution in [0.25, 0.3) is 0 Å². The number of piperidine rings is 1. The number of hydrogen-bond donors (Lipinski definition) is 2. The van der Waals surface area contributed by atoms with Gasteiger partial charge in [0.1, 0.15) is 0 Å². The third-order valence-corrected chi connectivity index (χ3v) is 5.23. The van der Waals surface area contributed by atoms with Crippen LogP contribution in [0.1, 0.15) is 36.8 Å². The minimum atomic E-state index is 0.502. The minimum Gasteiger partial charge on any atom is -0.379 e. The number of likely N-dealkylation sites (tertiary alicyclic amines) is 1. The summed E-state index contributed by atoms with van der Waals surface area (Å²) in [5.74, 6) is 1.73. The molecule has 144 valence electrons. The van der Waals surface area contributed by atoms with Crippen molar-refractivity contribution in [3.05, 3.63) is 35.4 Å². The fourth-order valence-electron chi connectivity index (χ4n) is 3.47. The standard InChI is InChI=1S/C21H34N4O/c1-17-4-3-5-19(14-17)15-25-11-8-20(9-12-25)24-21(22-2)23-10-13-26-16-18-6-7-18/h3-5,14,18,20H,6-13,15-16H2,1-2H3,(H2,22,23,24). The van der Waals surface area contributed by atoms with Gasteiger partial charge in [0.2, 0.25) is 0 Å². The predicted molar refractivity (Wildman–Crippen MR) is 108 cm³/mol. The van der Waals surface area contributed by atoms with Crippen LogP contribution in [0.15, 0.2) is 29.3 Å². The van der Waals surface area contributed by atoms with E-state index in [0.717, 1.165) is 64.1 Å². The van der Waals surface area contributed by atoms with Crippen LogP contribution in [0.3, 0.4) is 0 Å². The number of nitrogens with one attached hydrogen (secondary N) is 2. The van der Waals surface area contributed by atoms with Gasteiger partial charge in [0.15, 0.2) is 5.96 Å². The Labute approximate surface area is 158 Å². The quantitative estimate of drug-likeness (QED) is 0.426. The van der Waals surface area contributed by atoms with Crippen LogP contribution in [-0.4, -0.2) is 56.8 Å². The first kappa shape index (κ1) is 19.2. The van der Waals surface area contributed by atoms with Gasteiger partial charge in [-0.05, 0) is 44.1 Å². The van der Waals surface area contributed by atoms with Crippen molar-refractivity contribution in [2.24, 2.45) is 10.9 Å². The van der Waals surface area contributed by atoms with Crippen molar-refractivity contribution in [2.45, 2.75) is 45.2 Å². The second kappa shape index (κ2) is 9.93. The van der Waals surface area contributed by atoms with Gasteiger partial charge >= 0.3 is 0 Å². The Morgan fingerprint density at radius 3 is 2.73 bits per heavy atom. The highest BCUT2D eigenvalue weighted by Gasteiger charge is 2.21. The summed E-state index contributed by atoms with van der Waals surface area (Å²) in [6.07, 6.45) is 5.01. The summed E-state index contributed by atoms with van der Waals surface area (Å²) < 4.78 is 5.67. The molecule has 2 aliphatic rings. The van der Waals surface area contributed by atoms with Gasteiger partial charge in [0.25, 0.3) is 0 Å². The third kappa shape index (κ3) is 6.61. The minimum absolute atomic E-state index is 0.502. The summed E-state index contributed by atoms with van der Waals surface area (Å²) in [5, 5.41) is 6.94. The summed E-state index contributed by atoms with van der Waals surface area (Å²) in [7, 11) is 1.84. The summed E-state index contributed by atoms with van der Waals surface area (Å²) in [5.41, 5.74) is 2.76. The van der Waals surface area contributed by atoms with E-state index in [0.29, 0.717) is 6.04 Å². The molecule has 3 rings (SSSR count). The molecule has 0 aromatic heterocycles. The number of rotatable bonds is 8. The Hall–Kier alpha value is -1.59. The molecule has 26 heavy (non-hydrogen) atoms. The molecule has 0 atom stereocenters. The SMILES string of the molecule is CN=C(NCCOCC1CC1)NC1CCN(Cc2cccc(C)c2)CC1. The average molecular weight is 359 g/mol. The number of nitrogens with zero attached hydrogens (tertiary/aromatic N) is 2. The number of hydrogen-bond acceptors (Lipinski definition) is 3. The highest BCUT2D eigenvalue weighted by Crippen LogP contribution is 2.28. The first-order valence-corrected chi connectivity index (χ1v) is 10.1. The molecule has 1 aliphatic carbocycles. The van der Waals surface area contributed by atoms with Crippen molar-refractivity contribution in [1.29, 1.82) is 0 Å². The van der Waals surface area contributed by atoms with Gasteiger partial charge in [-0.2, -0.15) is 0 Å². The lowest BCUT2D eigenvalue weighted by Crippen LogP contribution is -2.49. The summed E-state index contributed by atoms with van der Waals surface area (Å²) >= 11 is 0. The number of benzene rings is 1. The molecule has 2 fully saturated rings. The Kier molecular flexibility index (Phi) is 7.32. The second-order valence-corrected chi connectivity index (χ2v) is 7.70. The molecule has 1 aromatic carbocycles. The van der Waals surface area contributed by atoms with E-state index in [1.807, 2.05) is 7.05 Å². The Bertz CT molecular complexity index is 577. The van der Waals surface area contributed by atoms with Gasteiger partial charge in [-0.25, -0.2) is 0 Å². The molecule has 0 bridgehead atoms. The maximum atomic E-state index is 5.67. The summed E-state index contributed by atoms with van der Waals surface area (Å²) in [6, 6.07) is 9.34. The van der Waals surface area contributed by atoms with E-state index in [1.165, 1.54) is 24.0 Å². The predicted octanol–water partition coefficient (Wildman–Crippen LogP) is 2.55. The van der Waals surface area contributed by atoms with E-state index in [9.17, 15) is 0 Å². The second-order valence-electron chi connectivity index (χ2n) is 7.70. The molecule has 1 saturated heterocycles. The van der Waals surface area contributed by atoms with E-state index >= 15 is 0 Å². The lowest BCUT2D eigenvalue weighted by molar-refractivity contribution is 0.129. The largest absolute Gasteiger partial charge is 0.379 e. The lowest BCUT2D eigenvalue weighted by Gasteiger charge is -2.33. The van der Waals surface area contributed by atoms with Crippen LogP contribution in [0, 0.1) is 12.8 Å². The van der Waals surface area contributed by atoms with Gasteiger partial charge in [-0.3, -0.25) is 9.89 Å². The molecule has 0 unspecified atom stereocenters. The molecule has 0 radical (unpaired) electrons. The number of aryl methyl sites for hydroxylation is 1. The van der Waals surface area contributed by atoms with Crippen molar-refractivity contribution in [2.75, 3.05) is 39.9 Å². The smallest absolute Gasteiger partial charge is 0.191 e. The lowest BCUT2D eigenvalue weighted by atomic mass is 10.0. The first-order valence-electron chi connectivity index (χ1n) is 10.1. The maximum absolute atomic E-state index is 5.67. The fourth-order valence-corrected chi connectivity index (χ4v) is 3.47. The normalized spacial score (nSPS) is 19.5. The molecule has 2 N–H and O–H groups in total. The van der Waals surface area contributed by atoms with Gasteiger partial charge in [-0.1, -0.05) is 29.8 Å². The highest BCUT2D eigenvalue weighted by molar-refractivity contribution is 5.79. The van der Waals surface area contributed by atoms with Crippen molar-refractivity contribution in [1.82, 2.24) is 15.5 Å². The van der Waals surface area contributed by atoms with Crippen LogP contribution >= 0.6 is 0 Å². The highest BCUT2D eigenvalue weighted by atomic mass is 16.5. The Balaban J connectivity index is 1.31. The van der Waals surface area contributed by atoms with Crippen LogP contribution in [0.4, 0.5) is 0 Å². The Morgan fingerprint density at radius 2 is 2.04 bits per heavy atom. The molecule has 5 nitrogen and oxygen atoms in total. The topological polar surface area (TPSA) is 48.9 Å². The van der Waals surface area contributed by atoms with E-state index in [2.05, 4.69) is 51.7 Å². The molecular weight excluding hydrogens is 324 g/mol. The fraction of sp³-hybridized carbons (Fsp3) is 0.667. The van der Waals surface area contributed by atoms with Crippen LogP contribution < -0.4 is 10.6 Å². The van der Waals surface area contributed by atoms with Crippen molar-refractivity contribution >= 4 is 5.96 Å². The zero-order valence-corrected chi connectivity index (χ0v) is 16.3. The summed E-state index contributed by atoms with van der Waals surface area (Å²) in [4.78, 5) is 6.90. The van der Waals surface area contributed by atoms with Crippen LogP contribution in [0.5, 0.6) is 0 Å². The number of ether oxygens (including phenoxy) is 1. The van der Waals surface area contributed by atoms with Gasteiger partial charge in [0, 0.05) is 45.9 Å². The van der Waals surface area contributed by atoms with Gasteiger partial charge < -0.3 is 15.4 Å². The van der Waals surface area contributed by atoms with E-state index in [1.54, 1.807) is 0 Å².